The predicted octanol–water partition coefficient (Wildman–Crippen LogP) is 2.68. The molecule has 13 heavy (non-hydrogen) atoms. The number of ketones is 1. The van der Waals surface area contributed by atoms with Gasteiger partial charge in [-0.05, 0) is 38.7 Å². The third-order valence-corrected chi connectivity index (χ3v) is 1.74. The average molecular weight is 172 g/mol. The van der Waals surface area contributed by atoms with Crippen LogP contribution in [0, 0.1) is 26.2 Å². The lowest BCUT2D eigenvalue weighted by molar-refractivity contribution is 0.101. The van der Waals surface area contributed by atoms with Crippen molar-refractivity contribution >= 4 is 5.78 Å². The van der Waals surface area contributed by atoms with Gasteiger partial charge in [0.15, 0.2) is 5.78 Å². The molecule has 0 bridgehead atoms. The number of benzene rings is 1. The van der Waals surface area contributed by atoms with Gasteiger partial charge in [0.25, 0.3) is 0 Å². The summed E-state index contributed by atoms with van der Waals surface area (Å²) in [5.41, 5.74) is 1.82. The molecule has 0 amide bonds. The Morgan fingerprint density at radius 3 is 2.38 bits per heavy atom. The molecule has 1 rings (SSSR count). The third kappa shape index (κ3) is 3.02. The molecular weight excluding hydrogens is 160 g/mol. The van der Waals surface area contributed by atoms with Crippen molar-refractivity contribution < 1.29 is 4.79 Å². The molecule has 0 spiro atoms. The fourth-order valence-corrected chi connectivity index (χ4v) is 1.01. The Kier molecular flexibility index (Phi) is 3.69. The molecule has 0 aliphatic rings. The van der Waals surface area contributed by atoms with E-state index in [0.29, 0.717) is 0 Å². The Morgan fingerprint density at radius 2 is 1.92 bits per heavy atom. The standard InChI is InChI=1S/C12H12O/c1-3-4-5-11-6-8-12(9-7-11)10(2)13/h3-9H,1H2,2H3. The number of hydrogen-bond donors (Lipinski definition) is 0. The van der Waals surface area contributed by atoms with Crippen LogP contribution in [0.2, 0.25) is 0 Å². The molecule has 0 atom stereocenters. The second-order valence-electron chi connectivity index (χ2n) is 2.77. The van der Waals surface area contributed by atoms with E-state index in [4.69, 9.17) is 0 Å². The van der Waals surface area contributed by atoms with E-state index in [-0.39, 0.29) is 5.78 Å². The van der Waals surface area contributed by atoms with E-state index in [0.717, 1.165) is 11.1 Å². The van der Waals surface area contributed by atoms with Gasteiger partial charge in [0, 0.05) is 5.56 Å². The van der Waals surface area contributed by atoms with Gasteiger partial charge in [0.05, 0.1) is 0 Å². The number of hydrogen-bond acceptors (Lipinski definition) is 1. The Labute approximate surface area is 79.8 Å². The summed E-state index contributed by atoms with van der Waals surface area (Å²) in [6.07, 6.45) is 5.53. The van der Waals surface area contributed by atoms with Crippen molar-refractivity contribution in [3.8, 4) is 0 Å². The lowest BCUT2D eigenvalue weighted by Gasteiger charge is -1.99. The van der Waals surface area contributed by atoms with Crippen molar-refractivity contribution in [2.24, 2.45) is 0 Å². The summed E-state index contributed by atoms with van der Waals surface area (Å²) in [5.74, 6) is 0.0965. The summed E-state index contributed by atoms with van der Waals surface area (Å²) in [5, 5.41) is 0. The molecule has 0 saturated heterocycles. The molecule has 0 N–H and O–H groups in total. The first-order valence-electron chi connectivity index (χ1n) is 4.14. The van der Waals surface area contributed by atoms with Gasteiger partial charge < -0.3 is 0 Å². The van der Waals surface area contributed by atoms with Crippen LogP contribution in [0.1, 0.15) is 22.8 Å². The Balaban J connectivity index is 2.64. The minimum Gasteiger partial charge on any atom is -0.295 e. The molecule has 1 aromatic carbocycles. The molecule has 1 heteroatoms. The van der Waals surface area contributed by atoms with E-state index in [1.165, 1.54) is 0 Å². The summed E-state index contributed by atoms with van der Waals surface area (Å²) >= 11 is 0. The first-order valence-corrected chi connectivity index (χ1v) is 4.14. The largest absolute Gasteiger partial charge is 0.295 e. The van der Waals surface area contributed by atoms with Crippen LogP contribution >= 0.6 is 0 Å². The average Bonchev–Trinajstić information content (AvgIpc) is 2.15. The molecule has 66 valence electrons. The second-order valence-corrected chi connectivity index (χ2v) is 2.77. The van der Waals surface area contributed by atoms with E-state index in [1.54, 1.807) is 13.3 Å². The first-order chi connectivity index (χ1) is 6.24. The van der Waals surface area contributed by atoms with Crippen LogP contribution in [0.15, 0.2) is 24.3 Å². The van der Waals surface area contributed by atoms with Crippen LogP contribution < -0.4 is 0 Å². The number of carbonyl (C=O) groups excluding carboxylic acids is 1. The van der Waals surface area contributed by atoms with Gasteiger partial charge in [0.2, 0.25) is 0 Å². The topological polar surface area (TPSA) is 17.1 Å². The van der Waals surface area contributed by atoms with Gasteiger partial charge in [-0.15, -0.1) is 0 Å². The highest BCUT2D eigenvalue weighted by Crippen LogP contribution is 2.08. The smallest absolute Gasteiger partial charge is 0.159 e. The van der Waals surface area contributed by atoms with Crippen LogP contribution in [0.3, 0.4) is 0 Å². The maximum atomic E-state index is 10.9. The number of unbranched alkanes of at least 4 members (excludes halogenated alkanes) is 1. The zero-order valence-corrected chi connectivity index (χ0v) is 7.66. The molecule has 0 saturated carbocycles. The normalized spacial score (nSPS) is 10.0. The quantitative estimate of drug-likeness (QED) is 0.638. The fraction of sp³-hybridized carbons (Fsp3) is 0.0833. The highest BCUT2D eigenvalue weighted by atomic mass is 16.1. The van der Waals surface area contributed by atoms with E-state index >= 15 is 0 Å². The SMILES string of the molecule is [CH2][CH][CH][CH]c1ccc(C(C)=O)cc1. The van der Waals surface area contributed by atoms with Crippen LogP contribution in [-0.2, 0) is 0 Å². The molecule has 0 heterocycles. The summed E-state index contributed by atoms with van der Waals surface area (Å²) in [6, 6.07) is 7.48. The molecular formula is C12H12O. The van der Waals surface area contributed by atoms with Gasteiger partial charge in [0.1, 0.15) is 0 Å². The van der Waals surface area contributed by atoms with E-state index in [1.807, 2.05) is 37.1 Å². The van der Waals surface area contributed by atoms with Gasteiger partial charge in [-0.2, -0.15) is 0 Å². The van der Waals surface area contributed by atoms with Crippen molar-refractivity contribution in [2.45, 2.75) is 6.92 Å². The van der Waals surface area contributed by atoms with Crippen molar-refractivity contribution in [1.82, 2.24) is 0 Å². The first kappa shape index (κ1) is 9.97. The van der Waals surface area contributed by atoms with Crippen LogP contribution in [0.4, 0.5) is 0 Å². The summed E-state index contributed by atoms with van der Waals surface area (Å²) < 4.78 is 0. The van der Waals surface area contributed by atoms with Crippen molar-refractivity contribution in [2.75, 3.05) is 0 Å². The number of carbonyl (C=O) groups is 1. The van der Waals surface area contributed by atoms with Gasteiger partial charge in [-0.3, -0.25) is 4.79 Å². The van der Waals surface area contributed by atoms with Crippen LogP contribution in [0.5, 0.6) is 0 Å². The summed E-state index contributed by atoms with van der Waals surface area (Å²) in [7, 11) is 0. The molecule has 1 nitrogen and oxygen atoms in total. The van der Waals surface area contributed by atoms with Crippen LogP contribution in [-0.4, -0.2) is 5.78 Å². The van der Waals surface area contributed by atoms with Crippen LogP contribution in [0.25, 0.3) is 0 Å². The minimum absolute atomic E-state index is 0.0965. The summed E-state index contributed by atoms with van der Waals surface area (Å²) in [4.78, 5) is 10.9. The molecule has 4 radical (unpaired) electrons. The molecule has 1 aromatic rings. The zero-order valence-electron chi connectivity index (χ0n) is 7.66. The van der Waals surface area contributed by atoms with Gasteiger partial charge in [-0.1, -0.05) is 24.3 Å². The number of Topliss-reactive ketones (excluding diaryl/α,β-unsaturated/α-hetero) is 1. The second kappa shape index (κ2) is 4.80. The Bertz CT molecular complexity index is 272. The third-order valence-electron chi connectivity index (χ3n) is 1.74. The van der Waals surface area contributed by atoms with E-state index < -0.39 is 0 Å². The van der Waals surface area contributed by atoms with Crippen molar-refractivity contribution in [3.63, 3.8) is 0 Å². The molecule has 0 unspecified atom stereocenters. The van der Waals surface area contributed by atoms with E-state index in [2.05, 4.69) is 6.92 Å². The highest BCUT2D eigenvalue weighted by molar-refractivity contribution is 5.94. The zero-order chi connectivity index (χ0) is 9.68. The van der Waals surface area contributed by atoms with Crippen molar-refractivity contribution in [3.05, 3.63) is 61.6 Å². The fourth-order valence-electron chi connectivity index (χ4n) is 1.01. The molecule has 0 aromatic heterocycles. The molecule has 0 aliphatic heterocycles. The minimum atomic E-state index is 0.0965. The lowest BCUT2D eigenvalue weighted by Crippen LogP contribution is -1.91. The summed E-state index contributed by atoms with van der Waals surface area (Å²) in [6.45, 7) is 5.14. The predicted molar refractivity (Wildman–Crippen MR) is 53.8 cm³/mol. The molecule has 0 aliphatic carbocycles. The highest BCUT2D eigenvalue weighted by Gasteiger charge is 1.98. The lowest BCUT2D eigenvalue weighted by atomic mass is 10.1. The Morgan fingerprint density at radius 1 is 1.31 bits per heavy atom. The maximum absolute atomic E-state index is 10.9. The number of rotatable bonds is 4. The van der Waals surface area contributed by atoms with E-state index in [9.17, 15) is 4.79 Å². The Hall–Kier alpha value is -1.11. The molecule has 0 fully saturated rings. The van der Waals surface area contributed by atoms with Gasteiger partial charge in [-0.25, -0.2) is 0 Å². The van der Waals surface area contributed by atoms with Gasteiger partial charge >= 0.3 is 0 Å². The maximum Gasteiger partial charge on any atom is 0.159 e. The monoisotopic (exact) mass is 172 g/mol. The van der Waals surface area contributed by atoms with Crippen molar-refractivity contribution in [1.29, 1.82) is 0 Å².